The van der Waals surface area contributed by atoms with Crippen molar-refractivity contribution < 1.29 is 0 Å². The van der Waals surface area contributed by atoms with Crippen molar-refractivity contribution in [2.24, 2.45) is 0 Å². The maximum atomic E-state index is 8.92. The van der Waals surface area contributed by atoms with Gasteiger partial charge in [0, 0.05) is 5.02 Å². The van der Waals surface area contributed by atoms with Crippen LogP contribution >= 0.6 is 11.6 Å². The van der Waals surface area contributed by atoms with Crippen LogP contribution in [0.1, 0.15) is 22.8 Å². The van der Waals surface area contributed by atoms with Crippen molar-refractivity contribution in [1.82, 2.24) is 9.97 Å². The SMILES string of the molecule is Cc1nc(C#N)c(CCc2ccc(Cl)cc2)[nH]1. The maximum Gasteiger partial charge on any atom is 0.161 e. The molecule has 0 bridgehead atoms. The van der Waals surface area contributed by atoms with Crippen molar-refractivity contribution in [1.29, 1.82) is 5.26 Å². The van der Waals surface area contributed by atoms with Gasteiger partial charge in [0.05, 0.1) is 5.69 Å². The molecule has 3 nitrogen and oxygen atoms in total. The third kappa shape index (κ3) is 2.86. The fraction of sp³-hybridized carbons (Fsp3) is 0.231. The van der Waals surface area contributed by atoms with Crippen LogP contribution in [0.3, 0.4) is 0 Å². The summed E-state index contributed by atoms with van der Waals surface area (Å²) in [7, 11) is 0. The summed E-state index contributed by atoms with van der Waals surface area (Å²) in [6.45, 7) is 1.85. The van der Waals surface area contributed by atoms with Crippen molar-refractivity contribution >= 4 is 11.6 Å². The van der Waals surface area contributed by atoms with Crippen LogP contribution in [0.2, 0.25) is 5.02 Å². The summed E-state index contributed by atoms with van der Waals surface area (Å²) >= 11 is 5.82. The van der Waals surface area contributed by atoms with Crippen LogP contribution in [0.4, 0.5) is 0 Å². The summed E-state index contributed by atoms with van der Waals surface area (Å²) in [5.41, 5.74) is 2.60. The average Bonchev–Trinajstić information content (AvgIpc) is 2.69. The van der Waals surface area contributed by atoms with E-state index in [9.17, 15) is 0 Å². The van der Waals surface area contributed by atoms with Crippen LogP contribution in [0, 0.1) is 18.3 Å². The van der Waals surface area contributed by atoms with Gasteiger partial charge in [0.15, 0.2) is 5.69 Å². The quantitative estimate of drug-likeness (QED) is 0.904. The Balaban J connectivity index is 2.07. The number of aromatic nitrogens is 2. The third-order valence-corrected chi connectivity index (χ3v) is 2.83. The van der Waals surface area contributed by atoms with Gasteiger partial charge < -0.3 is 4.98 Å². The minimum absolute atomic E-state index is 0.497. The molecule has 0 aliphatic rings. The number of rotatable bonds is 3. The number of hydrogen-bond donors (Lipinski definition) is 1. The number of nitriles is 1. The highest BCUT2D eigenvalue weighted by Crippen LogP contribution is 2.13. The summed E-state index contributed by atoms with van der Waals surface area (Å²) < 4.78 is 0. The number of nitrogens with zero attached hydrogens (tertiary/aromatic N) is 2. The van der Waals surface area contributed by atoms with E-state index in [1.807, 2.05) is 31.2 Å². The van der Waals surface area contributed by atoms with Crippen LogP contribution in [-0.4, -0.2) is 9.97 Å². The second-order valence-electron chi connectivity index (χ2n) is 3.89. The maximum absolute atomic E-state index is 8.92. The molecule has 1 N–H and O–H groups in total. The lowest BCUT2D eigenvalue weighted by Gasteiger charge is -2.00. The first-order valence-electron chi connectivity index (χ1n) is 5.39. The molecule has 0 atom stereocenters. The smallest absolute Gasteiger partial charge is 0.161 e. The van der Waals surface area contributed by atoms with Gasteiger partial charge in [-0.2, -0.15) is 5.26 Å². The molecule has 0 unspecified atom stereocenters. The highest BCUT2D eigenvalue weighted by molar-refractivity contribution is 6.30. The van der Waals surface area contributed by atoms with Crippen LogP contribution in [0.15, 0.2) is 24.3 Å². The Morgan fingerprint density at radius 3 is 2.65 bits per heavy atom. The molecule has 2 rings (SSSR count). The molecule has 0 fully saturated rings. The molecule has 1 aromatic carbocycles. The molecule has 0 saturated heterocycles. The molecule has 0 saturated carbocycles. The summed E-state index contributed by atoms with van der Waals surface area (Å²) in [4.78, 5) is 7.24. The lowest BCUT2D eigenvalue weighted by molar-refractivity contribution is 0.916. The number of hydrogen-bond acceptors (Lipinski definition) is 2. The average molecular weight is 246 g/mol. The van der Waals surface area contributed by atoms with Crippen LogP contribution < -0.4 is 0 Å². The topological polar surface area (TPSA) is 52.5 Å². The summed E-state index contributed by atoms with van der Waals surface area (Å²) in [6, 6.07) is 9.84. The standard InChI is InChI=1S/C13H12ClN3/c1-9-16-12(13(8-15)17-9)7-4-10-2-5-11(14)6-3-10/h2-3,5-6H,4,7H2,1H3,(H,16,17). The van der Waals surface area contributed by atoms with Gasteiger partial charge in [-0.15, -0.1) is 0 Å². The number of benzene rings is 1. The predicted octanol–water partition coefficient (Wildman–Crippen LogP) is 3.03. The van der Waals surface area contributed by atoms with E-state index in [1.165, 1.54) is 5.56 Å². The Morgan fingerprint density at radius 2 is 2.00 bits per heavy atom. The van der Waals surface area contributed by atoms with Crippen molar-refractivity contribution in [2.45, 2.75) is 19.8 Å². The molecule has 0 spiro atoms. The summed E-state index contributed by atoms with van der Waals surface area (Å²) in [5.74, 6) is 0.785. The van der Waals surface area contributed by atoms with E-state index < -0.39 is 0 Å². The summed E-state index contributed by atoms with van der Waals surface area (Å²) in [5, 5.41) is 9.66. The van der Waals surface area contributed by atoms with Crippen molar-refractivity contribution in [3.8, 4) is 6.07 Å². The fourth-order valence-electron chi connectivity index (χ4n) is 1.73. The number of aromatic amines is 1. The van der Waals surface area contributed by atoms with Gasteiger partial charge in [-0.3, -0.25) is 0 Å². The monoisotopic (exact) mass is 245 g/mol. The Morgan fingerprint density at radius 1 is 1.29 bits per heavy atom. The van der Waals surface area contributed by atoms with Gasteiger partial charge in [0.25, 0.3) is 0 Å². The largest absolute Gasteiger partial charge is 0.345 e. The second kappa shape index (κ2) is 5.03. The van der Waals surface area contributed by atoms with Gasteiger partial charge in [0.2, 0.25) is 0 Å². The molecule has 86 valence electrons. The molecular formula is C13H12ClN3. The molecule has 0 aliphatic carbocycles. The van der Waals surface area contributed by atoms with Crippen molar-refractivity contribution in [2.75, 3.05) is 0 Å². The van der Waals surface area contributed by atoms with Crippen LogP contribution in [0.25, 0.3) is 0 Å². The van der Waals surface area contributed by atoms with Crippen LogP contribution in [0.5, 0.6) is 0 Å². The summed E-state index contributed by atoms with van der Waals surface area (Å²) in [6.07, 6.45) is 1.65. The van der Waals surface area contributed by atoms with E-state index >= 15 is 0 Å². The van der Waals surface area contributed by atoms with Crippen molar-refractivity contribution in [3.63, 3.8) is 0 Å². The van der Waals surface area contributed by atoms with Gasteiger partial charge in [-0.25, -0.2) is 4.98 Å². The lowest BCUT2D eigenvalue weighted by Crippen LogP contribution is -1.94. The fourth-order valence-corrected chi connectivity index (χ4v) is 1.86. The second-order valence-corrected chi connectivity index (χ2v) is 4.32. The van der Waals surface area contributed by atoms with E-state index in [0.29, 0.717) is 5.69 Å². The zero-order valence-electron chi connectivity index (χ0n) is 9.50. The molecular weight excluding hydrogens is 234 g/mol. The number of aryl methyl sites for hydroxylation is 3. The molecule has 2 aromatic rings. The highest BCUT2D eigenvalue weighted by atomic mass is 35.5. The van der Waals surface area contributed by atoms with E-state index in [1.54, 1.807) is 0 Å². The minimum Gasteiger partial charge on any atom is -0.345 e. The first-order chi connectivity index (χ1) is 8.19. The van der Waals surface area contributed by atoms with Gasteiger partial charge in [0.1, 0.15) is 11.9 Å². The molecule has 17 heavy (non-hydrogen) atoms. The Hall–Kier alpha value is -1.79. The van der Waals surface area contributed by atoms with E-state index in [4.69, 9.17) is 16.9 Å². The molecule has 1 aromatic heterocycles. The predicted molar refractivity (Wildman–Crippen MR) is 66.9 cm³/mol. The van der Waals surface area contributed by atoms with E-state index in [0.717, 1.165) is 29.4 Å². The van der Waals surface area contributed by atoms with Gasteiger partial charge in [-0.1, -0.05) is 23.7 Å². The third-order valence-electron chi connectivity index (χ3n) is 2.58. The van der Waals surface area contributed by atoms with Gasteiger partial charge >= 0.3 is 0 Å². The zero-order valence-corrected chi connectivity index (χ0v) is 10.3. The zero-order chi connectivity index (χ0) is 12.3. The first-order valence-corrected chi connectivity index (χ1v) is 5.77. The highest BCUT2D eigenvalue weighted by Gasteiger charge is 2.07. The Bertz CT molecular complexity index is 549. The molecule has 0 aliphatic heterocycles. The first kappa shape index (κ1) is 11.7. The number of nitrogens with one attached hydrogen (secondary N) is 1. The van der Waals surface area contributed by atoms with E-state index in [2.05, 4.69) is 16.0 Å². The Labute approximate surface area is 105 Å². The van der Waals surface area contributed by atoms with E-state index in [-0.39, 0.29) is 0 Å². The number of H-pyrrole nitrogens is 1. The molecule has 4 heteroatoms. The van der Waals surface area contributed by atoms with Gasteiger partial charge in [-0.05, 0) is 37.5 Å². The molecule has 0 radical (unpaired) electrons. The molecule has 1 heterocycles. The minimum atomic E-state index is 0.497. The number of imidazole rings is 1. The van der Waals surface area contributed by atoms with Crippen LogP contribution in [-0.2, 0) is 12.8 Å². The molecule has 0 amide bonds. The Kier molecular flexibility index (Phi) is 3.46. The normalized spacial score (nSPS) is 10.2. The van der Waals surface area contributed by atoms with Crippen molar-refractivity contribution in [3.05, 3.63) is 52.1 Å². The lowest BCUT2D eigenvalue weighted by atomic mass is 10.1. The number of halogens is 1.